The number of benzene rings is 2. The van der Waals surface area contributed by atoms with E-state index in [4.69, 9.17) is 0 Å². The largest absolute Gasteiger partial charge is 0.369 e. The van der Waals surface area contributed by atoms with Gasteiger partial charge in [-0.1, -0.05) is 38.0 Å². The van der Waals surface area contributed by atoms with E-state index in [2.05, 4.69) is 44.7 Å². The first-order valence-corrected chi connectivity index (χ1v) is 15.3. The van der Waals surface area contributed by atoms with Crippen LogP contribution in [0.1, 0.15) is 77.3 Å². The number of fused-ring (bicyclic) bond motifs is 1. The van der Waals surface area contributed by atoms with Gasteiger partial charge in [-0.05, 0) is 60.9 Å². The van der Waals surface area contributed by atoms with Gasteiger partial charge in [0.2, 0.25) is 11.8 Å². The zero-order valence-electron chi connectivity index (χ0n) is 24.8. The smallest absolute Gasteiger partial charge is 0.265 e. The number of carbonyl (C=O) groups is 4. The summed E-state index contributed by atoms with van der Waals surface area (Å²) in [5.41, 5.74) is 9.83. The normalized spacial score (nSPS) is 18.6. The van der Waals surface area contributed by atoms with E-state index in [1.54, 1.807) is 11.0 Å². The molecule has 0 spiro atoms. The fourth-order valence-corrected chi connectivity index (χ4v) is 5.75. The molecule has 4 amide bonds. The summed E-state index contributed by atoms with van der Waals surface area (Å²) in [5, 5.41) is 2.34. The number of piperidine rings is 1. The number of hydrogen-bond donors (Lipinski definition) is 3. The second kappa shape index (κ2) is 14.3. The molecule has 2 aromatic rings. The van der Waals surface area contributed by atoms with E-state index >= 15 is 0 Å². The summed E-state index contributed by atoms with van der Waals surface area (Å²) in [6, 6.07) is 12.7. The van der Waals surface area contributed by atoms with E-state index in [0.717, 1.165) is 56.0 Å². The molecule has 43 heavy (non-hydrogen) atoms. The molecule has 1 atom stereocenters. The Labute approximate surface area is 253 Å². The highest BCUT2D eigenvalue weighted by atomic mass is 16.2. The van der Waals surface area contributed by atoms with Crippen molar-refractivity contribution < 1.29 is 19.2 Å². The maximum absolute atomic E-state index is 12.9. The third kappa shape index (κ3) is 7.61. The van der Waals surface area contributed by atoms with Crippen LogP contribution in [0, 0.1) is 11.8 Å². The lowest BCUT2D eigenvalue weighted by Gasteiger charge is -2.35. The molecule has 0 aromatic heterocycles. The number of amides is 4. The molecule has 3 N–H and O–H groups in total. The van der Waals surface area contributed by atoms with E-state index in [9.17, 15) is 19.2 Å². The van der Waals surface area contributed by atoms with Gasteiger partial charge >= 0.3 is 0 Å². The summed E-state index contributed by atoms with van der Waals surface area (Å²) in [5.74, 6) is 5.51. The molecule has 10 nitrogen and oxygen atoms in total. The van der Waals surface area contributed by atoms with E-state index < -0.39 is 11.9 Å². The zero-order chi connectivity index (χ0) is 30.2. The van der Waals surface area contributed by atoms with Crippen LogP contribution in [0.25, 0.3) is 0 Å². The molecule has 2 saturated heterocycles. The van der Waals surface area contributed by atoms with Gasteiger partial charge in [0.1, 0.15) is 6.04 Å². The highest BCUT2D eigenvalue weighted by Gasteiger charge is 2.39. The SMILES string of the molecule is CCCCCCNNC(=O)c1ccc(N2CCN(CC#Cc3ccc4c(c3)CN(C3CCC(=O)NC3=O)C4=O)CC2)cc1. The minimum atomic E-state index is -0.615. The highest BCUT2D eigenvalue weighted by molar-refractivity contribution is 6.05. The number of rotatable bonds is 10. The van der Waals surface area contributed by atoms with Crippen LogP contribution in [0.2, 0.25) is 0 Å². The fraction of sp³-hybridized carbons (Fsp3) is 0.455. The zero-order valence-corrected chi connectivity index (χ0v) is 24.8. The summed E-state index contributed by atoms with van der Waals surface area (Å²) >= 11 is 0. The summed E-state index contributed by atoms with van der Waals surface area (Å²) < 4.78 is 0. The Morgan fingerprint density at radius 2 is 1.79 bits per heavy atom. The van der Waals surface area contributed by atoms with Crippen molar-refractivity contribution >= 4 is 29.3 Å². The molecule has 2 fully saturated rings. The van der Waals surface area contributed by atoms with Crippen molar-refractivity contribution in [3.8, 4) is 11.8 Å². The first kappa shape index (κ1) is 30.3. The third-order valence-corrected chi connectivity index (χ3v) is 8.28. The number of hydrogen-bond acceptors (Lipinski definition) is 7. The van der Waals surface area contributed by atoms with Crippen molar-refractivity contribution in [1.82, 2.24) is 26.0 Å². The van der Waals surface area contributed by atoms with Gasteiger partial charge in [0, 0.05) is 68.1 Å². The molecule has 2 aromatic carbocycles. The molecule has 0 saturated carbocycles. The minimum Gasteiger partial charge on any atom is -0.369 e. The van der Waals surface area contributed by atoms with Crippen LogP contribution >= 0.6 is 0 Å². The summed E-state index contributed by atoms with van der Waals surface area (Å²) in [6.45, 7) is 7.49. The maximum atomic E-state index is 12.9. The van der Waals surface area contributed by atoms with Crippen LogP contribution in [0.5, 0.6) is 0 Å². The van der Waals surface area contributed by atoms with E-state index in [0.29, 0.717) is 30.6 Å². The van der Waals surface area contributed by atoms with Crippen molar-refractivity contribution in [2.24, 2.45) is 0 Å². The third-order valence-electron chi connectivity index (χ3n) is 8.28. The van der Waals surface area contributed by atoms with Gasteiger partial charge in [-0.15, -0.1) is 0 Å². The van der Waals surface area contributed by atoms with Gasteiger partial charge < -0.3 is 9.80 Å². The first-order chi connectivity index (χ1) is 20.9. The standard InChI is InChI=1S/C33H40N6O4/c1-2-3-4-5-16-34-36-31(41)25-9-11-27(12-10-25)38-20-18-37(19-21-38)17-6-7-24-8-13-28-26(22-24)23-39(33(28)43)29-14-15-30(40)35-32(29)42/h8-13,22,29,34H,2-5,14-21,23H2,1H3,(H,36,41)(H,35,40,42). The van der Waals surface area contributed by atoms with Gasteiger partial charge in [0.25, 0.3) is 11.8 Å². The predicted molar refractivity (Wildman–Crippen MR) is 164 cm³/mol. The number of hydrazine groups is 1. The Kier molecular flexibility index (Phi) is 10.1. The average Bonchev–Trinajstić information content (AvgIpc) is 3.34. The summed E-state index contributed by atoms with van der Waals surface area (Å²) in [4.78, 5) is 55.3. The van der Waals surface area contributed by atoms with Crippen molar-refractivity contribution in [3.05, 3.63) is 64.7 Å². The monoisotopic (exact) mass is 584 g/mol. The van der Waals surface area contributed by atoms with Gasteiger partial charge in [-0.25, -0.2) is 5.43 Å². The van der Waals surface area contributed by atoms with Gasteiger partial charge in [-0.2, -0.15) is 0 Å². The van der Waals surface area contributed by atoms with E-state index in [1.165, 1.54) is 19.3 Å². The van der Waals surface area contributed by atoms with Crippen LogP contribution in [0.4, 0.5) is 5.69 Å². The molecule has 3 heterocycles. The lowest BCUT2D eigenvalue weighted by Crippen LogP contribution is -2.52. The molecule has 3 aliphatic rings. The minimum absolute atomic E-state index is 0.118. The lowest BCUT2D eigenvalue weighted by molar-refractivity contribution is -0.136. The first-order valence-electron chi connectivity index (χ1n) is 15.3. The average molecular weight is 585 g/mol. The summed E-state index contributed by atoms with van der Waals surface area (Å²) in [6.07, 6.45) is 5.22. The van der Waals surface area contributed by atoms with Crippen LogP contribution < -0.4 is 21.1 Å². The lowest BCUT2D eigenvalue weighted by atomic mass is 10.0. The van der Waals surface area contributed by atoms with Crippen molar-refractivity contribution in [3.63, 3.8) is 0 Å². The molecule has 1 unspecified atom stereocenters. The molecule has 10 heteroatoms. The second-order valence-electron chi connectivity index (χ2n) is 11.3. The van der Waals surface area contributed by atoms with Gasteiger partial charge in [0.15, 0.2) is 0 Å². The number of unbranched alkanes of at least 4 members (excludes halogenated alkanes) is 3. The summed E-state index contributed by atoms with van der Waals surface area (Å²) in [7, 11) is 0. The van der Waals surface area contributed by atoms with Crippen LogP contribution in [-0.2, 0) is 16.1 Å². The molecule has 226 valence electrons. The fourth-order valence-electron chi connectivity index (χ4n) is 5.75. The molecular weight excluding hydrogens is 544 g/mol. The molecule has 0 radical (unpaired) electrons. The number of anilines is 1. The van der Waals surface area contributed by atoms with Crippen LogP contribution in [0.15, 0.2) is 42.5 Å². The van der Waals surface area contributed by atoms with E-state index in [1.807, 2.05) is 36.4 Å². The predicted octanol–water partition coefficient (Wildman–Crippen LogP) is 2.44. The van der Waals surface area contributed by atoms with Crippen LogP contribution in [0.3, 0.4) is 0 Å². The van der Waals surface area contributed by atoms with Gasteiger partial charge in [-0.3, -0.25) is 34.8 Å². The second-order valence-corrected chi connectivity index (χ2v) is 11.3. The number of nitrogens with one attached hydrogen (secondary N) is 3. The Morgan fingerprint density at radius 3 is 2.53 bits per heavy atom. The number of carbonyl (C=O) groups excluding carboxylic acids is 4. The Morgan fingerprint density at radius 1 is 1.00 bits per heavy atom. The van der Waals surface area contributed by atoms with Crippen molar-refractivity contribution in [2.45, 2.75) is 58.0 Å². The highest BCUT2D eigenvalue weighted by Crippen LogP contribution is 2.28. The molecule has 0 bridgehead atoms. The topological polar surface area (TPSA) is 114 Å². The Hall–Kier alpha value is -4.20. The van der Waals surface area contributed by atoms with Crippen molar-refractivity contribution in [1.29, 1.82) is 0 Å². The maximum Gasteiger partial charge on any atom is 0.265 e. The number of nitrogens with zero attached hydrogens (tertiary/aromatic N) is 3. The molecule has 3 aliphatic heterocycles. The molecular formula is C33H40N6O4. The number of imide groups is 1. The number of piperazine rings is 1. The molecule has 0 aliphatic carbocycles. The van der Waals surface area contributed by atoms with Crippen molar-refractivity contribution in [2.75, 3.05) is 44.2 Å². The molecule has 5 rings (SSSR count). The van der Waals surface area contributed by atoms with E-state index in [-0.39, 0.29) is 24.1 Å². The Bertz CT molecular complexity index is 1400. The quantitative estimate of drug-likeness (QED) is 0.170. The van der Waals surface area contributed by atoms with Gasteiger partial charge in [0.05, 0.1) is 6.54 Å². The Balaban J connectivity index is 1.06. The van der Waals surface area contributed by atoms with Crippen LogP contribution in [-0.4, -0.2) is 78.7 Å².